The van der Waals surface area contributed by atoms with Gasteiger partial charge in [-0.15, -0.1) is 0 Å². The lowest BCUT2D eigenvalue weighted by molar-refractivity contribution is 0.0422. The Bertz CT molecular complexity index is 346. The third-order valence-electron chi connectivity index (χ3n) is 5.34. The van der Waals surface area contributed by atoms with E-state index in [4.69, 9.17) is 5.73 Å². The minimum atomic E-state index is 0.277. The lowest BCUT2D eigenvalue weighted by atomic mass is 9.67. The number of hydrogen-bond acceptors (Lipinski definition) is 3. The first-order valence-corrected chi connectivity index (χ1v) is 7.71. The minimum absolute atomic E-state index is 0.277. The summed E-state index contributed by atoms with van der Waals surface area (Å²) in [5.41, 5.74) is 6.48. The van der Waals surface area contributed by atoms with Gasteiger partial charge in [0.15, 0.2) is 5.96 Å². The zero-order valence-corrected chi connectivity index (χ0v) is 11.9. The number of aliphatic imine (C=N–C) groups is 1. The van der Waals surface area contributed by atoms with Crippen molar-refractivity contribution in [3.8, 4) is 0 Å². The van der Waals surface area contributed by atoms with Crippen LogP contribution in [0.4, 0.5) is 0 Å². The number of hydrogen-bond donors (Lipinski definition) is 1. The molecule has 0 bridgehead atoms. The summed E-state index contributed by atoms with van der Waals surface area (Å²) in [4.78, 5) is 7.14. The van der Waals surface area contributed by atoms with Gasteiger partial charge in [-0.2, -0.15) is 0 Å². The summed E-state index contributed by atoms with van der Waals surface area (Å²) in [6.45, 7) is 6.87. The third-order valence-corrected chi connectivity index (χ3v) is 5.34. The summed E-state index contributed by atoms with van der Waals surface area (Å²) in [5, 5.41) is 0. The molecule has 2 unspecified atom stereocenters. The van der Waals surface area contributed by atoms with Crippen molar-refractivity contribution in [1.29, 1.82) is 0 Å². The van der Waals surface area contributed by atoms with Gasteiger partial charge in [0, 0.05) is 6.54 Å². The molecule has 102 valence electrons. The molecule has 2 fully saturated rings. The number of nitrogens with zero attached hydrogens (tertiary/aromatic N) is 2. The first-order chi connectivity index (χ1) is 8.63. The van der Waals surface area contributed by atoms with E-state index in [1.165, 1.54) is 45.1 Å². The van der Waals surface area contributed by atoms with Crippen LogP contribution in [0.25, 0.3) is 0 Å². The summed E-state index contributed by atoms with van der Waals surface area (Å²) in [5.74, 6) is 3.24. The SMILES string of the molecule is CC(C)C1CCCCC12CN=C(N)N2CC1CC1. The predicted molar refractivity (Wildman–Crippen MR) is 75.4 cm³/mol. The second kappa shape index (κ2) is 4.43. The molecular weight excluding hydrogens is 222 g/mol. The second-order valence-electron chi connectivity index (χ2n) is 6.93. The molecule has 0 aromatic heterocycles. The van der Waals surface area contributed by atoms with Crippen LogP contribution in [0.5, 0.6) is 0 Å². The van der Waals surface area contributed by atoms with Crippen LogP contribution >= 0.6 is 0 Å². The number of nitrogens with two attached hydrogens (primary N) is 1. The fraction of sp³-hybridized carbons (Fsp3) is 0.933. The van der Waals surface area contributed by atoms with Gasteiger partial charge >= 0.3 is 0 Å². The Labute approximate surface area is 111 Å². The molecule has 2 atom stereocenters. The molecule has 0 radical (unpaired) electrons. The van der Waals surface area contributed by atoms with E-state index in [0.29, 0.717) is 0 Å². The Hall–Kier alpha value is -0.730. The van der Waals surface area contributed by atoms with E-state index in [2.05, 4.69) is 23.7 Å². The van der Waals surface area contributed by atoms with Gasteiger partial charge in [-0.25, -0.2) is 0 Å². The summed E-state index contributed by atoms with van der Waals surface area (Å²) < 4.78 is 0. The quantitative estimate of drug-likeness (QED) is 0.835. The predicted octanol–water partition coefficient (Wildman–Crippen LogP) is 2.61. The molecule has 1 spiro atoms. The average molecular weight is 249 g/mol. The molecule has 1 heterocycles. The monoisotopic (exact) mass is 249 g/mol. The molecule has 3 heteroatoms. The van der Waals surface area contributed by atoms with Crippen LogP contribution < -0.4 is 5.73 Å². The largest absolute Gasteiger partial charge is 0.370 e. The van der Waals surface area contributed by atoms with E-state index in [1.807, 2.05) is 0 Å². The highest BCUT2D eigenvalue weighted by Crippen LogP contribution is 2.46. The molecule has 3 aliphatic rings. The van der Waals surface area contributed by atoms with Crippen molar-refractivity contribution in [3.63, 3.8) is 0 Å². The van der Waals surface area contributed by atoms with Gasteiger partial charge in [0.25, 0.3) is 0 Å². The number of rotatable bonds is 3. The smallest absolute Gasteiger partial charge is 0.191 e. The normalized spacial score (nSPS) is 36.5. The molecule has 0 aromatic rings. The minimum Gasteiger partial charge on any atom is -0.370 e. The van der Waals surface area contributed by atoms with Gasteiger partial charge in [-0.05, 0) is 43.4 Å². The third kappa shape index (κ3) is 1.92. The molecule has 2 aliphatic carbocycles. The summed E-state index contributed by atoms with van der Waals surface area (Å²) in [6.07, 6.45) is 8.20. The van der Waals surface area contributed by atoms with Crippen molar-refractivity contribution in [2.45, 2.75) is 57.9 Å². The Kier molecular flexibility index (Phi) is 3.03. The highest BCUT2D eigenvalue weighted by Gasteiger charge is 2.50. The van der Waals surface area contributed by atoms with E-state index < -0.39 is 0 Å². The zero-order chi connectivity index (χ0) is 12.8. The molecule has 3 rings (SSSR count). The summed E-state index contributed by atoms with van der Waals surface area (Å²) in [6, 6.07) is 0. The van der Waals surface area contributed by atoms with Crippen molar-refractivity contribution in [2.75, 3.05) is 13.1 Å². The molecule has 2 saturated carbocycles. The van der Waals surface area contributed by atoms with Crippen molar-refractivity contribution in [1.82, 2.24) is 4.90 Å². The van der Waals surface area contributed by atoms with Gasteiger partial charge in [0.2, 0.25) is 0 Å². The standard InChI is InChI=1S/C15H27N3/c1-11(2)13-5-3-4-8-15(13)10-17-14(16)18(15)9-12-6-7-12/h11-13H,3-10H2,1-2H3,(H2,16,17). The van der Waals surface area contributed by atoms with E-state index in [-0.39, 0.29) is 5.54 Å². The van der Waals surface area contributed by atoms with E-state index >= 15 is 0 Å². The van der Waals surface area contributed by atoms with Crippen LogP contribution in [-0.2, 0) is 0 Å². The lowest BCUT2D eigenvalue weighted by Gasteiger charge is -2.49. The summed E-state index contributed by atoms with van der Waals surface area (Å²) in [7, 11) is 0. The van der Waals surface area contributed by atoms with Gasteiger partial charge < -0.3 is 10.6 Å². The van der Waals surface area contributed by atoms with Crippen molar-refractivity contribution < 1.29 is 0 Å². The molecule has 18 heavy (non-hydrogen) atoms. The van der Waals surface area contributed by atoms with Gasteiger partial charge in [0.1, 0.15) is 0 Å². The van der Waals surface area contributed by atoms with Crippen LogP contribution in [0, 0.1) is 17.8 Å². The highest BCUT2D eigenvalue weighted by atomic mass is 15.4. The molecule has 0 aromatic carbocycles. The summed E-state index contributed by atoms with van der Waals surface area (Å²) >= 11 is 0. The number of guanidine groups is 1. The molecule has 2 N–H and O–H groups in total. The van der Waals surface area contributed by atoms with E-state index in [1.54, 1.807) is 0 Å². The van der Waals surface area contributed by atoms with Crippen LogP contribution in [0.3, 0.4) is 0 Å². The van der Waals surface area contributed by atoms with Crippen LogP contribution in [0.15, 0.2) is 4.99 Å². The molecule has 1 aliphatic heterocycles. The van der Waals surface area contributed by atoms with Crippen molar-refractivity contribution in [2.24, 2.45) is 28.5 Å². The van der Waals surface area contributed by atoms with Gasteiger partial charge in [0.05, 0.1) is 12.1 Å². The lowest BCUT2D eigenvalue weighted by Crippen LogP contribution is -2.59. The Morgan fingerprint density at radius 2 is 2.11 bits per heavy atom. The van der Waals surface area contributed by atoms with Gasteiger partial charge in [-0.3, -0.25) is 4.99 Å². The van der Waals surface area contributed by atoms with Gasteiger partial charge in [-0.1, -0.05) is 26.7 Å². The van der Waals surface area contributed by atoms with Crippen molar-refractivity contribution >= 4 is 5.96 Å². The average Bonchev–Trinajstić information content (AvgIpc) is 3.12. The maximum Gasteiger partial charge on any atom is 0.191 e. The Morgan fingerprint density at radius 1 is 1.33 bits per heavy atom. The highest BCUT2D eigenvalue weighted by molar-refractivity contribution is 5.81. The topological polar surface area (TPSA) is 41.6 Å². The maximum atomic E-state index is 6.20. The van der Waals surface area contributed by atoms with Crippen molar-refractivity contribution in [3.05, 3.63) is 0 Å². The fourth-order valence-corrected chi connectivity index (χ4v) is 4.19. The molecule has 0 saturated heterocycles. The fourth-order valence-electron chi connectivity index (χ4n) is 4.19. The molecular formula is C15H27N3. The Morgan fingerprint density at radius 3 is 2.78 bits per heavy atom. The molecule has 0 amide bonds. The van der Waals surface area contributed by atoms with Crippen LogP contribution in [0.2, 0.25) is 0 Å². The molecule has 3 nitrogen and oxygen atoms in total. The van der Waals surface area contributed by atoms with E-state index in [0.717, 1.165) is 30.3 Å². The second-order valence-corrected chi connectivity index (χ2v) is 6.93. The van der Waals surface area contributed by atoms with E-state index in [9.17, 15) is 0 Å². The maximum absolute atomic E-state index is 6.20. The first kappa shape index (κ1) is 12.3. The van der Waals surface area contributed by atoms with Crippen LogP contribution in [-0.4, -0.2) is 29.5 Å². The Balaban J connectivity index is 1.85. The first-order valence-electron chi connectivity index (χ1n) is 7.71. The van der Waals surface area contributed by atoms with Crippen LogP contribution in [0.1, 0.15) is 52.4 Å². The zero-order valence-electron chi connectivity index (χ0n) is 11.9.